The van der Waals surface area contributed by atoms with Gasteiger partial charge in [-0.3, -0.25) is 13.8 Å². The van der Waals surface area contributed by atoms with Crippen LogP contribution in [0.25, 0.3) is 0 Å². The van der Waals surface area contributed by atoms with E-state index in [-0.39, 0.29) is 24.9 Å². The summed E-state index contributed by atoms with van der Waals surface area (Å²) < 4.78 is 22.5. The van der Waals surface area contributed by atoms with Crippen molar-refractivity contribution in [3.8, 4) is 0 Å². The molecule has 2 unspecified atom stereocenters. The zero-order chi connectivity index (χ0) is 27.6. The quantitative estimate of drug-likeness (QED) is 0.0740. The Labute approximate surface area is 230 Å². The molecule has 0 fully saturated rings. The van der Waals surface area contributed by atoms with E-state index < -0.39 is 7.82 Å². The largest absolute Gasteiger partial charge is 0.472 e. The van der Waals surface area contributed by atoms with Crippen molar-refractivity contribution in [1.29, 1.82) is 0 Å². The van der Waals surface area contributed by atoms with Crippen LogP contribution in [0.2, 0.25) is 0 Å². The molecule has 0 aliphatic rings. The highest BCUT2D eigenvalue weighted by Gasteiger charge is 2.24. The van der Waals surface area contributed by atoms with Crippen molar-refractivity contribution in [3.63, 3.8) is 0 Å². The first-order valence-corrected chi connectivity index (χ1v) is 17.2. The topological polar surface area (TPSA) is 77.3 Å². The van der Waals surface area contributed by atoms with Crippen LogP contribution in [0.4, 0.5) is 0 Å². The Kier molecular flexibility index (Phi) is 25.8. The minimum atomic E-state index is -4.06. The molecule has 0 aromatic rings. The molecule has 0 heterocycles. The lowest BCUT2D eigenvalue weighted by atomic mass is 9.95. The second kappa shape index (κ2) is 26.0. The van der Waals surface area contributed by atoms with Crippen molar-refractivity contribution in [2.24, 2.45) is 5.92 Å². The van der Waals surface area contributed by atoms with E-state index in [0.717, 1.165) is 25.8 Å². The average molecular weight is 549 g/mol. The molecular formula is C30H63NO5P+. The highest BCUT2D eigenvalue weighted by atomic mass is 31.2. The molecular weight excluding hydrogens is 485 g/mol. The number of ketones is 1. The third-order valence-corrected chi connectivity index (χ3v) is 8.16. The summed E-state index contributed by atoms with van der Waals surface area (Å²) in [7, 11) is 0.00688. The lowest BCUT2D eigenvalue weighted by molar-refractivity contribution is -0.858. The molecule has 0 rings (SSSR count). The molecule has 222 valence electrons. The van der Waals surface area contributed by atoms with Crippen molar-refractivity contribution < 1.29 is 28.2 Å². The third-order valence-electron chi connectivity index (χ3n) is 7.18. The Bertz CT molecular complexity index is 558. The summed E-state index contributed by atoms with van der Waals surface area (Å²) in [5.74, 6) is 0.169. The van der Waals surface area contributed by atoms with Crippen molar-refractivity contribution >= 4 is 13.6 Å². The van der Waals surface area contributed by atoms with Gasteiger partial charge in [0.2, 0.25) is 0 Å². The number of rotatable bonds is 29. The van der Waals surface area contributed by atoms with Gasteiger partial charge in [-0.1, -0.05) is 123 Å². The Morgan fingerprint density at radius 1 is 0.730 bits per heavy atom. The van der Waals surface area contributed by atoms with E-state index in [1.807, 2.05) is 21.0 Å². The summed E-state index contributed by atoms with van der Waals surface area (Å²) in [6.07, 6.45) is 25.2. The number of phosphoric acid groups is 1. The van der Waals surface area contributed by atoms with Crippen LogP contribution in [-0.4, -0.2) is 44.5 Å². The number of phosphoric ester groups is 1. The number of carbonyl (C=O) groups is 1. The Hall–Kier alpha value is -0.260. The summed E-state index contributed by atoms with van der Waals surface area (Å²) in [6, 6.07) is 0. The van der Waals surface area contributed by atoms with Crippen LogP contribution in [0.1, 0.15) is 149 Å². The zero-order valence-electron chi connectivity index (χ0n) is 25.1. The molecule has 0 saturated heterocycles. The van der Waals surface area contributed by atoms with Gasteiger partial charge in [-0.05, 0) is 12.3 Å². The van der Waals surface area contributed by atoms with Gasteiger partial charge < -0.3 is 9.79 Å². The Morgan fingerprint density at radius 3 is 1.62 bits per heavy atom. The van der Waals surface area contributed by atoms with E-state index in [0.29, 0.717) is 19.3 Å². The summed E-state index contributed by atoms with van der Waals surface area (Å²) in [5.41, 5.74) is 0. The van der Waals surface area contributed by atoms with Crippen LogP contribution < -0.4 is 4.90 Å². The highest BCUT2D eigenvalue weighted by molar-refractivity contribution is 7.47. The van der Waals surface area contributed by atoms with Crippen molar-refractivity contribution in [1.82, 2.24) is 0 Å². The van der Waals surface area contributed by atoms with E-state index in [9.17, 15) is 14.3 Å². The van der Waals surface area contributed by atoms with Gasteiger partial charge in [0.1, 0.15) is 5.78 Å². The maximum Gasteiger partial charge on any atom is 0.472 e. The van der Waals surface area contributed by atoms with Crippen molar-refractivity contribution in [2.75, 3.05) is 33.9 Å². The molecule has 0 aromatic carbocycles. The molecule has 0 aliphatic carbocycles. The van der Waals surface area contributed by atoms with E-state index in [4.69, 9.17) is 9.05 Å². The van der Waals surface area contributed by atoms with Gasteiger partial charge in [0.15, 0.2) is 0 Å². The van der Waals surface area contributed by atoms with E-state index >= 15 is 0 Å². The number of nitrogens with one attached hydrogen (secondary N) is 1. The standard InChI is InChI=1S/C30H62NO5P/c1-5-7-8-9-10-11-12-13-14-15-16-17-18-19-20-21-22-24-29(27-30(32)6-2)28-36-37(33,34)35-26-23-25-31(3)4/h29H,5-28H2,1-4H3,(H,33,34)/p+1. The normalized spacial score (nSPS) is 14.2. The molecule has 6 nitrogen and oxygen atoms in total. The molecule has 0 aromatic heterocycles. The molecule has 0 aliphatic heterocycles. The SMILES string of the molecule is CCCCCCCCCCCCCCCCCCCC(COP(=O)(O)OCCC[NH+](C)C)CC(=O)CC. The van der Waals surface area contributed by atoms with Gasteiger partial charge in [0.05, 0.1) is 33.9 Å². The summed E-state index contributed by atoms with van der Waals surface area (Å²) in [4.78, 5) is 23.2. The number of carbonyl (C=O) groups excluding carboxylic acids is 1. The second-order valence-corrected chi connectivity index (χ2v) is 12.8. The summed E-state index contributed by atoms with van der Waals surface area (Å²) in [5, 5.41) is 0. The smallest absolute Gasteiger partial charge is 0.340 e. The van der Waals surface area contributed by atoms with Crippen molar-refractivity contribution in [2.45, 2.75) is 149 Å². The maximum atomic E-state index is 12.2. The minimum absolute atomic E-state index is 0.0147. The second-order valence-electron chi connectivity index (χ2n) is 11.3. The third kappa shape index (κ3) is 27.1. The minimum Gasteiger partial charge on any atom is -0.340 e. The molecule has 0 amide bonds. The number of hydrogen-bond donors (Lipinski definition) is 2. The van der Waals surface area contributed by atoms with Gasteiger partial charge in [0, 0.05) is 19.3 Å². The molecule has 0 radical (unpaired) electrons. The van der Waals surface area contributed by atoms with Crippen LogP contribution in [0.15, 0.2) is 0 Å². The average Bonchev–Trinajstić information content (AvgIpc) is 2.86. The molecule has 37 heavy (non-hydrogen) atoms. The number of hydrogen-bond acceptors (Lipinski definition) is 4. The molecule has 0 bridgehead atoms. The predicted molar refractivity (Wildman–Crippen MR) is 156 cm³/mol. The highest BCUT2D eigenvalue weighted by Crippen LogP contribution is 2.44. The Morgan fingerprint density at radius 2 is 1.19 bits per heavy atom. The van der Waals surface area contributed by atoms with E-state index in [2.05, 4.69) is 6.92 Å². The van der Waals surface area contributed by atoms with Crippen LogP contribution >= 0.6 is 7.82 Å². The van der Waals surface area contributed by atoms with Crippen LogP contribution in [-0.2, 0) is 18.4 Å². The van der Waals surface area contributed by atoms with Crippen molar-refractivity contribution in [3.05, 3.63) is 0 Å². The Balaban J connectivity index is 3.80. The van der Waals surface area contributed by atoms with Gasteiger partial charge in [-0.25, -0.2) is 4.57 Å². The fourth-order valence-corrected chi connectivity index (χ4v) is 5.54. The maximum absolute atomic E-state index is 12.2. The van der Waals surface area contributed by atoms with Gasteiger partial charge >= 0.3 is 7.82 Å². The first-order valence-electron chi connectivity index (χ1n) is 15.7. The number of quaternary nitrogens is 1. The van der Waals surface area contributed by atoms with Gasteiger partial charge in [-0.15, -0.1) is 0 Å². The predicted octanol–water partition coefficient (Wildman–Crippen LogP) is 7.68. The lowest BCUT2D eigenvalue weighted by Crippen LogP contribution is -3.05. The number of unbranched alkanes of at least 4 members (excludes halogenated alkanes) is 16. The molecule has 7 heteroatoms. The number of Topliss-reactive ketones (excluding diaryl/α,β-unsaturated/α-hetero) is 1. The summed E-state index contributed by atoms with van der Waals surface area (Å²) in [6.45, 7) is 5.32. The van der Waals surface area contributed by atoms with Gasteiger partial charge in [-0.2, -0.15) is 0 Å². The first-order chi connectivity index (χ1) is 17.8. The van der Waals surface area contributed by atoms with Crippen LogP contribution in [0, 0.1) is 5.92 Å². The summed E-state index contributed by atoms with van der Waals surface area (Å²) >= 11 is 0. The fraction of sp³-hybridized carbons (Fsp3) is 0.967. The van der Waals surface area contributed by atoms with Gasteiger partial charge in [0.25, 0.3) is 0 Å². The monoisotopic (exact) mass is 548 g/mol. The first kappa shape index (κ1) is 36.7. The molecule has 2 atom stereocenters. The van der Waals surface area contributed by atoms with Crippen LogP contribution in [0.5, 0.6) is 0 Å². The lowest BCUT2D eigenvalue weighted by Gasteiger charge is -2.19. The molecule has 2 N–H and O–H groups in total. The molecule has 0 spiro atoms. The zero-order valence-corrected chi connectivity index (χ0v) is 26.0. The fourth-order valence-electron chi connectivity index (χ4n) is 4.71. The van der Waals surface area contributed by atoms with E-state index in [1.165, 1.54) is 101 Å². The molecule has 0 saturated carbocycles. The van der Waals surface area contributed by atoms with E-state index in [1.54, 1.807) is 0 Å². The van der Waals surface area contributed by atoms with Crippen LogP contribution in [0.3, 0.4) is 0 Å².